The molecule has 1 aromatic heterocycles. The highest BCUT2D eigenvalue weighted by molar-refractivity contribution is 8.13. The summed E-state index contributed by atoms with van der Waals surface area (Å²) < 4.78 is 21.8. The van der Waals surface area contributed by atoms with Gasteiger partial charge in [-0.25, -0.2) is 13.4 Å². The van der Waals surface area contributed by atoms with Crippen molar-refractivity contribution in [2.45, 2.75) is 11.9 Å². The lowest BCUT2D eigenvalue weighted by Gasteiger charge is -2.00. The van der Waals surface area contributed by atoms with Gasteiger partial charge in [-0.3, -0.25) is 0 Å². The Morgan fingerprint density at radius 2 is 2.23 bits per heavy atom. The highest BCUT2D eigenvalue weighted by Crippen LogP contribution is 2.18. The van der Waals surface area contributed by atoms with Crippen LogP contribution in [0.15, 0.2) is 17.3 Å². The maximum Gasteiger partial charge on any atom is 0.280 e. The Labute approximate surface area is 80.2 Å². The van der Waals surface area contributed by atoms with Gasteiger partial charge in [0.15, 0.2) is 5.03 Å². The van der Waals surface area contributed by atoms with Crippen LogP contribution in [0.3, 0.4) is 0 Å². The second-order valence-electron chi connectivity index (χ2n) is 2.36. The van der Waals surface area contributed by atoms with Crippen LogP contribution in [0.4, 0.5) is 0 Å². The molecule has 0 aliphatic carbocycles. The van der Waals surface area contributed by atoms with Crippen molar-refractivity contribution in [1.82, 2.24) is 4.98 Å². The van der Waals surface area contributed by atoms with Crippen molar-refractivity contribution in [1.29, 1.82) is 5.26 Å². The smallest absolute Gasteiger partial charge is 0.242 e. The third-order valence-corrected chi connectivity index (χ3v) is 2.68. The number of pyridine rings is 1. The van der Waals surface area contributed by atoms with Gasteiger partial charge >= 0.3 is 0 Å². The molecule has 1 rings (SSSR count). The number of hydrogen-bond acceptors (Lipinski definition) is 4. The van der Waals surface area contributed by atoms with Crippen LogP contribution < -0.4 is 0 Å². The first kappa shape index (κ1) is 9.96. The fourth-order valence-corrected chi connectivity index (χ4v) is 1.84. The molecule has 0 aromatic carbocycles. The van der Waals surface area contributed by atoms with E-state index in [4.69, 9.17) is 15.9 Å². The minimum atomic E-state index is -3.93. The standard InChI is InChI=1S/C7H5ClN2O2S/c1-5-2-3-10-7(6(5)4-9)13(8,11)12/h2-3H,1H3. The molecule has 0 unspecified atom stereocenters. The Morgan fingerprint density at radius 3 is 2.62 bits per heavy atom. The monoisotopic (exact) mass is 216 g/mol. The molecule has 0 radical (unpaired) electrons. The highest BCUT2D eigenvalue weighted by Gasteiger charge is 2.18. The van der Waals surface area contributed by atoms with Gasteiger partial charge in [0.1, 0.15) is 6.07 Å². The minimum Gasteiger partial charge on any atom is -0.242 e. The molecular formula is C7H5ClN2O2S. The predicted molar refractivity (Wildman–Crippen MR) is 46.7 cm³/mol. The number of nitriles is 1. The Balaban J connectivity index is 3.59. The molecule has 1 aromatic rings. The molecule has 0 saturated heterocycles. The van der Waals surface area contributed by atoms with E-state index in [0.29, 0.717) is 5.56 Å². The summed E-state index contributed by atoms with van der Waals surface area (Å²) in [4.78, 5) is 3.54. The lowest BCUT2D eigenvalue weighted by Crippen LogP contribution is -2.00. The molecule has 0 saturated carbocycles. The molecule has 1 heterocycles. The molecule has 6 heteroatoms. The SMILES string of the molecule is Cc1ccnc(S(=O)(=O)Cl)c1C#N. The Hall–Kier alpha value is -1.12. The van der Waals surface area contributed by atoms with Crippen molar-refractivity contribution in [2.75, 3.05) is 0 Å². The van der Waals surface area contributed by atoms with E-state index >= 15 is 0 Å². The zero-order chi connectivity index (χ0) is 10.1. The molecule has 0 amide bonds. The highest BCUT2D eigenvalue weighted by atomic mass is 35.7. The predicted octanol–water partition coefficient (Wildman–Crippen LogP) is 1.19. The zero-order valence-electron chi connectivity index (χ0n) is 6.65. The van der Waals surface area contributed by atoms with Gasteiger partial charge in [0, 0.05) is 16.9 Å². The molecule has 0 fully saturated rings. The van der Waals surface area contributed by atoms with Crippen molar-refractivity contribution in [2.24, 2.45) is 0 Å². The second-order valence-corrected chi connectivity index (χ2v) is 4.84. The van der Waals surface area contributed by atoms with E-state index in [0.717, 1.165) is 0 Å². The van der Waals surface area contributed by atoms with Gasteiger partial charge in [0.2, 0.25) is 0 Å². The van der Waals surface area contributed by atoms with Gasteiger partial charge in [-0.1, -0.05) is 0 Å². The average Bonchev–Trinajstić information content (AvgIpc) is 2.02. The van der Waals surface area contributed by atoms with Crippen LogP contribution in [-0.2, 0) is 9.05 Å². The lowest BCUT2D eigenvalue weighted by molar-refractivity contribution is 0.605. The van der Waals surface area contributed by atoms with E-state index in [1.165, 1.54) is 6.20 Å². The first-order valence-corrected chi connectivity index (χ1v) is 5.58. The van der Waals surface area contributed by atoms with Crippen LogP contribution in [0.5, 0.6) is 0 Å². The Bertz CT molecular complexity index is 476. The fourth-order valence-electron chi connectivity index (χ4n) is 0.854. The number of hydrogen-bond donors (Lipinski definition) is 0. The molecule has 4 nitrogen and oxygen atoms in total. The summed E-state index contributed by atoms with van der Waals surface area (Å²) in [6, 6.07) is 3.29. The van der Waals surface area contributed by atoms with Crippen molar-refractivity contribution in [3.8, 4) is 6.07 Å². The molecular weight excluding hydrogens is 212 g/mol. The summed E-state index contributed by atoms with van der Waals surface area (Å²) in [5.74, 6) is 0. The van der Waals surface area contributed by atoms with Gasteiger partial charge < -0.3 is 0 Å². The van der Waals surface area contributed by atoms with Crippen LogP contribution >= 0.6 is 10.7 Å². The summed E-state index contributed by atoms with van der Waals surface area (Å²) >= 11 is 0. The van der Waals surface area contributed by atoms with E-state index in [2.05, 4.69) is 4.98 Å². The summed E-state index contributed by atoms with van der Waals surface area (Å²) in [7, 11) is 1.14. The molecule has 13 heavy (non-hydrogen) atoms. The van der Waals surface area contributed by atoms with Crippen LogP contribution in [-0.4, -0.2) is 13.4 Å². The second kappa shape index (κ2) is 3.32. The number of rotatable bonds is 1. The van der Waals surface area contributed by atoms with Crippen molar-refractivity contribution in [3.05, 3.63) is 23.4 Å². The third-order valence-electron chi connectivity index (χ3n) is 1.47. The average molecular weight is 217 g/mol. The summed E-state index contributed by atoms with van der Waals surface area (Å²) in [5.41, 5.74) is 0.536. The number of aryl methyl sites for hydroxylation is 1. The van der Waals surface area contributed by atoms with Gasteiger partial charge in [-0.05, 0) is 18.6 Å². The number of aromatic nitrogens is 1. The third kappa shape index (κ3) is 1.97. The normalized spacial score (nSPS) is 10.8. The molecule has 0 bridgehead atoms. The fraction of sp³-hybridized carbons (Fsp3) is 0.143. The largest absolute Gasteiger partial charge is 0.280 e. The Morgan fingerprint density at radius 1 is 1.62 bits per heavy atom. The van der Waals surface area contributed by atoms with Crippen LogP contribution in [0, 0.1) is 18.3 Å². The van der Waals surface area contributed by atoms with Crippen molar-refractivity contribution >= 4 is 19.7 Å². The topological polar surface area (TPSA) is 70.8 Å². The maximum atomic E-state index is 10.9. The molecule has 0 atom stereocenters. The summed E-state index contributed by atoms with van der Waals surface area (Å²) in [6.07, 6.45) is 1.30. The van der Waals surface area contributed by atoms with Crippen LogP contribution in [0.2, 0.25) is 0 Å². The number of halogens is 1. The zero-order valence-corrected chi connectivity index (χ0v) is 8.22. The van der Waals surface area contributed by atoms with Crippen molar-refractivity contribution < 1.29 is 8.42 Å². The van der Waals surface area contributed by atoms with Crippen molar-refractivity contribution in [3.63, 3.8) is 0 Å². The first-order valence-electron chi connectivity index (χ1n) is 3.27. The van der Waals surface area contributed by atoms with Gasteiger partial charge in [-0.15, -0.1) is 0 Å². The first-order chi connectivity index (χ1) is 5.96. The molecule has 0 aliphatic heterocycles. The van der Waals surface area contributed by atoms with E-state index in [1.807, 2.05) is 0 Å². The van der Waals surface area contributed by atoms with E-state index in [9.17, 15) is 8.42 Å². The van der Waals surface area contributed by atoms with E-state index in [-0.39, 0.29) is 10.6 Å². The van der Waals surface area contributed by atoms with Crippen LogP contribution in [0.25, 0.3) is 0 Å². The van der Waals surface area contributed by atoms with E-state index in [1.54, 1.807) is 19.1 Å². The number of nitrogens with zero attached hydrogens (tertiary/aromatic N) is 2. The molecule has 0 aliphatic rings. The molecule has 0 spiro atoms. The summed E-state index contributed by atoms with van der Waals surface area (Å²) in [5, 5.41) is 8.27. The van der Waals surface area contributed by atoms with E-state index < -0.39 is 9.05 Å². The van der Waals surface area contributed by atoms with Gasteiger partial charge in [-0.2, -0.15) is 5.26 Å². The van der Waals surface area contributed by atoms with Crippen LogP contribution in [0.1, 0.15) is 11.1 Å². The van der Waals surface area contributed by atoms with Gasteiger partial charge in [0.05, 0.1) is 5.56 Å². The quantitative estimate of drug-likeness (QED) is 0.661. The lowest BCUT2D eigenvalue weighted by atomic mass is 10.2. The maximum absolute atomic E-state index is 10.9. The minimum absolute atomic E-state index is 0.00231. The van der Waals surface area contributed by atoms with Gasteiger partial charge in [0.25, 0.3) is 9.05 Å². The summed E-state index contributed by atoms with van der Waals surface area (Å²) in [6.45, 7) is 1.62. The molecule has 0 N–H and O–H groups in total. The molecule has 68 valence electrons. The Kier molecular flexibility index (Phi) is 2.55.